The summed E-state index contributed by atoms with van der Waals surface area (Å²) >= 11 is 0. The van der Waals surface area contributed by atoms with Crippen LogP contribution in [0, 0.1) is 28.4 Å². The maximum atomic E-state index is 6.17. The van der Waals surface area contributed by atoms with Crippen molar-refractivity contribution in [2.75, 3.05) is 13.2 Å². The molecule has 0 aromatic carbocycles. The standard InChI is InChI=1S/C19H35O2Si.3CH3.Pt/c1-5-8-9-10-11-16-19(17-18-14-12-13-15-18)22(4,20-6-2)21-7-3;;;;/h12,14,19H,5-11,13,16-17H2,1-4H3;3*1H3;/q4*-1;+4. The molecular formula is C22H44O2PtSi. The van der Waals surface area contributed by atoms with Gasteiger partial charge in [0.2, 0.25) is 0 Å². The fourth-order valence-corrected chi connectivity index (χ4v) is 6.27. The summed E-state index contributed by atoms with van der Waals surface area (Å²) in [6.45, 7) is 10.2. The molecule has 1 aliphatic rings. The Bertz CT molecular complexity index is 350. The van der Waals surface area contributed by atoms with Crippen LogP contribution in [0.25, 0.3) is 0 Å². The predicted molar refractivity (Wildman–Crippen MR) is 116 cm³/mol. The Balaban J connectivity index is -0.000000605. The van der Waals surface area contributed by atoms with E-state index in [4.69, 9.17) is 8.85 Å². The molecule has 26 heavy (non-hydrogen) atoms. The molecule has 0 aromatic rings. The number of hydrogen-bond donors (Lipinski definition) is 0. The topological polar surface area (TPSA) is 18.5 Å². The SMILES string of the molecule is CCCCCCCC(CC1=[C-]CC=C1)[Si](C)(OCC)OCC.[CH3-].[CH3-].[CH3-].[Pt+4]. The van der Waals surface area contributed by atoms with Crippen LogP contribution in [0.1, 0.15) is 72.1 Å². The Kier molecular flexibility index (Phi) is 26.1. The Morgan fingerprint density at radius 2 is 1.58 bits per heavy atom. The monoisotopic (exact) mass is 563 g/mol. The minimum absolute atomic E-state index is 0. The minimum atomic E-state index is -2.11. The third-order valence-corrected chi connectivity index (χ3v) is 8.19. The van der Waals surface area contributed by atoms with Crippen molar-refractivity contribution in [3.05, 3.63) is 46.1 Å². The molecule has 4 heteroatoms. The number of allylic oxidation sites excluding steroid dienone is 4. The van der Waals surface area contributed by atoms with Crippen LogP contribution < -0.4 is 0 Å². The van der Waals surface area contributed by atoms with E-state index < -0.39 is 8.56 Å². The summed E-state index contributed by atoms with van der Waals surface area (Å²) in [5.41, 5.74) is 1.90. The molecular weight excluding hydrogens is 519 g/mol. The summed E-state index contributed by atoms with van der Waals surface area (Å²) < 4.78 is 12.3. The first-order valence-corrected chi connectivity index (χ1v) is 11.6. The van der Waals surface area contributed by atoms with Gasteiger partial charge >= 0.3 is 29.6 Å². The summed E-state index contributed by atoms with van der Waals surface area (Å²) in [5, 5.41) is 0. The fourth-order valence-electron chi connectivity index (χ4n) is 3.25. The maximum Gasteiger partial charge on any atom is 4.00 e. The zero-order valence-corrected chi connectivity index (χ0v) is 21.7. The second kappa shape index (κ2) is 20.1. The van der Waals surface area contributed by atoms with Gasteiger partial charge in [0.1, 0.15) is 0 Å². The molecule has 0 aromatic heterocycles. The van der Waals surface area contributed by atoms with Crippen LogP contribution in [-0.2, 0) is 29.9 Å². The molecule has 2 nitrogen and oxygen atoms in total. The summed E-state index contributed by atoms with van der Waals surface area (Å²) in [6, 6.07) is 0. The second-order valence-corrected chi connectivity index (χ2v) is 9.72. The first kappa shape index (κ1) is 33.9. The van der Waals surface area contributed by atoms with Gasteiger partial charge in [0.15, 0.2) is 0 Å². The van der Waals surface area contributed by atoms with E-state index in [1.807, 2.05) is 0 Å². The average molecular weight is 564 g/mol. The van der Waals surface area contributed by atoms with Crippen molar-refractivity contribution in [1.82, 2.24) is 0 Å². The predicted octanol–water partition coefficient (Wildman–Crippen LogP) is 7.29. The Labute approximate surface area is 181 Å². The van der Waals surface area contributed by atoms with Crippen LogP contribution in [0.2, 0.25) is 12.1 Å². The van der Waals surface area contributed by atoms with Crippen molar-refractivity contribution in [2.24, 2.45) is 0 Å². The molecule has 158 valence electrons. The van der Waals surface area contributed by atoms with E-state index in [2.05, 4.69) is 45.5 Å². The second-order valence-electron chi connectivity index (χ2n) is 6.29. The van der Waals surface area contributed by atoms with Gasteiger partial charge < -0.3 is 31.1 Å². The molecule has 1 rings (SSSR count). The van der Waals surface area contributed by atoms with Gasteiger partial charge in [-0.05, 0) is 26.8 Å². The molecule has 0 heterocycles. The van der Waals surface area contributed by atoms with E-state index in [9.17, 15) is 0 Å². The Morgan fingerprint density at radius 1 is 1.00 bits per heavy atom. The molecule has 0 saturated carbocycles. The largest absolute Gasteiger partial charge is 4.00 e. The average Bonchev–Trinajstić information content (AvgIpc) is 2.99. The molecule has 0 N–H and O–H groups in total. The zero-order chi connectivity index (χ0) is 16.3. The van der Waals surface area contributed by atoms with Crippen LogP contribution >= 0.6 is 0 Å². The molecule has 1 aliphatic carbocycles. The molecule has 0 fully saturated rings. The van der Waals surface area contributed by atoms with Crippen molar-refractivity contribution < 1.29 is 29.9 Å². The van der Waals surface area contributed by atoms with Crippen molar-refractivity contribution in [3.63, 3.8) is 0 Å². The molecule has 0 radical (unpaired) electrons. The number of hydrogen-bond acceptors (Lipinski definition) is 2. The summed E-state index contributed by atoms with van der Waals surface area (Å²) in [7, 11) is -2.11. The van der Waals surface area contributed by atoms with Gasteiger partial charge in [-0.2, -0.15) is 6.08 Å². The Morgan fingerprint density at radius 3 is 2.04 bits per heavy atom. The van der Waals surface area contributed by atoms with Crippen LogP contribution in [0.5, 0.6) is 0 Å². The quantitative estimate of drug-likeness (QED) is 0.133. The molecule has 0 saturated heterocycles. The van der Waals surface area contributed by atoms with E-state index in [1.54, 1.807) is 0 Å². The number of rotatable bonds is 13. The molecule has 0 aliphatic heterocycles. The maximum absolute atomic E-state index is 6.17. The van der Waals surface area contributed by atoms with Crippen molar-refractivity contribution in [2.45, 2.75) is 84.2 Å². The summed E-state index contributed by atoms with van der Waals surface area (Å²) in [5.74, 6) is 0. The van der Waals surface area contributed by atoms with Crippen molar-refractivity contribution in [3.8, 4) is 0 Å². The van der Waals surface area contributed by atoms with Crippen molar-refractivity contribution >= 4 is 8.56 Å². The van der Waals surface area contributed by atoms with E-state index in [0.717, 1.165) is 26.1 Å². The van der Waals surface area contributed by atoms with Crippen LogP contribution in [0.3, 0.4) is 0 Å². The number of unbranched alkanes of at least 4 members (excludes halogenated alkanes) is 4. The first-order valence-electron chi connectivity index (χ1n) is 9.20. The van der Waals surface area contributed by atoms with E-state index >= 15 is 0 Å². The minimum Gasteiger partial charge on any atom is -0.394 e. The molecule has 0 bridgehead atoms. The van der Waals surface area contributed by atoms with Gasteiger partial charge in [0, 0.05) is 18.8 Å². The van der Waals surface area contributed by atoms with Gasteiger partial charge in [-0.25, -0.2) is 11.6 Å². The van der Waals surface area contributed by atoms with Gasteiger partial charge in [-0.15, -0.1) is 6.42 Å². The van der Waals surface area contributed by atoms with E-state index in [1.165, 1.54) is 44.1 Å². The summed E-state index contributed by atoms with van der Waals surface area (Å²) in [4.78, 5) is 0. The van der Waals surface area contributed by atoms with E-state index in [-0.39, 0.29) is 43.3 Å². The van der Waals surface area contributed by atoms with Gasteiger partial charge in [0.05, 0.1) is 0 Å². The van der Waals surface area contributed by atoms with Gasteiger partial charge in [-0.1, -0.05) is 45.4 Å². The third kappa shape index (κ3) is 12.6. The molecule has 1 atom stereocenters. The zero-order valence-electron chi connectivity index (χ0n) is 18.4. The fraction of sp³-hybridized carbons (Fsp3) is 0.682. The third-order valence-electron chi connectivity index (χ3n) is 4.49. The van der Waals surface area contributed by atoms with Gasteiger partial charge in [0.25, 0.3) is 0 Å². The Hall–Kier alpha value is 0.305. The first-order chi connectivity index (χ1) is 10.7. The normalized spacial score (nSPS) is 13.6. The van der Waals surface area contributed by atoms with Crippen LogP contribution in [0.4, 0.5) is 0 Å². The summed E-state index contributed by atoms with van der Waals surface area (Å²) in [6.07, 6.45) is 17.8. The smallest absolute Gasteiger partial charge is 0.394 e. The molecule has 0 amide bonds. The molecule has 0 spiro atoms. The van der Waals surface area contributed by atoms with Crippen molar-refractivity contribution in [1.29, 1.82) is 0 Å². The van der Waals surface area contributed by atoms with Crippen LogP contribution in [-0.4, -0.2) is 21.8 Å². The van der Waals surface area contributed by atoms with E-state index in [0.29, 0.717) is 5.54 Å². The van der Waals surface area contributed by atoms with Crippen LogP contribution in [0.15, 0.2) is 17.7 Å². The van der Waals surface area contributed by atoms with Gasteiger partial charge in [-0.3, -0.25) is 6.08 Å². The molecule has 1 unspecified atom stereocenters.